The Labute approximate surface area is 131 Å². The van der Waals surface area contributed by atoms with Crippen molar-refractivity contribution in [1.29, 1.82) is 0 Å². The van der Waals surface area contributed by atoms with Crippen LogP contribution in [0, 0.1) is 19.8 Å². The Bertz CT molecular complexity index is 581. The molecule has 0 fully saturated rings. The fourth-order valence-corrected chi connectivity index (χ4v) is 2.53. The van der Waals surface area contributed by atoms with E-state index in [1.54, 1.807) is 0 Å². The Morgan fingerprint density at radius 2 is 1.95 bits per heavy atom. The van der Waals surface area contributed by atoms with Crippen molar-refractivity contribution in [3.8, 4) is 0 Å². The van der Waals surface area contributed by atoms with Crippen molar-refractivity contribution in [3.05, 3.63) is 41.5 Å². The van der Waals surface area contributed by atoms with Crippen LogP contribution in [0.15, 0.2) is 30.4 Å². The van der Waals surface area contributed by atoms with Gasteiger partial charge in [0.2, 0.25) is 5.91 Å². The fraction of sp³-hybridized carbons (Fsp3) is 0.412. The Hall–Kier alpha value is -2.30. The zero-order chi connectivity index (χ0) is 15.9. The fourth-order valence-electron chi connectivity index (χ4n) is 2.53. The van der Waals surface area contributed by atoms with E-state index in [0.29, 0.717) is 12.3 Å². The number of anilines is 1. The Balaban J connectivity index is 1.69. The molecular weight excluding hydrogens is 278 g/mol. The molecule has 0 saturated heterocycles. The molecule has 1 aliphatic carbocycles. The molecule has 118 valence electrons. The Morgan fingerprint density at radius 1 is 1.18 bits per heavy atom. The van der Waals surface area contributed by atoms with Gasteiger partial charge in [-0.05, 0) is 44.2 Å². The summed E-state index contributed by atoms with van der Waals surface area (Å²) in [6.45, 7) is 4.14. The summed E-state index contributed by atoms with van der Waals surface area (Å²) >= 11 is 0. The molecule has 5 nitrogen and oxygen atoms in total. The predicted molar refractivity (Wildman–Crippen MR) is 87.2 cm³/mol. The van der Waals surface area contributed by atoms with Crippen LogP contribution in [0.3, 0.4) is 0 Å². The average molecular weight is 301 g/mol. The highest BCUT2D eigenvalue weighted by molar-refractivity contribution is 5.84. The monoisotopic (exact) mass is 301 g/mol. The molecule has 22 heavy (non-hydrogen) atoms. The molecule has 0 radical (unpaired) electrons. The zero-order valence-electron chi connectivity index (χ0n) is 13.1. The number of hydrazine groups is 1. The molecule has 5 heteroatoms. The van der Waals surface area contributed by atoms with Crippen LogP contribution in [-0.4, -0.2) is 18.4 Å². The third-order valence-electron chi connectivity index (χ3n) is 3.72. The number of hydrogen-bond acceptors (Lipinski definition) is 3. The van der Waals surface area contributed by atoms with Gasteiger partial charge in [0.1, 0.15) is 0 Å². The summed E-state index contributed by atoms with van der Waals surface area (Å²) in [5, 5.41) is 3.06. The largest absolute Gasteiger partial charge is 0.376 e. The lowest BCUT2D eigenvalue weighted by molar-refractivity contribution is -0.128. The highest BCUT2D eigenvalue weighted by Crippen LogP contribution is 2.19. The second kappa shape index (κ2) is 7.64. The molecule has 0 saturated carbocycles. The molecule has 0 bridgehead atoms. The normalized spacial score (nSPS) is 16.4. The number of amides is 2. The van der Waals surface area contributed by atoms with E-state index in [9.17, 15) is 9.59 Å². The van der Waals surface area contributed by atoms with E-state index < -0.39 is 0 Å². The van der Waals surface area contributed by atoms with E-state index in [1.165, 1.54) is 5.56 Å². The highest BCUT2D eigenvalue weighted by atomic mass is 16.2. The molecule has 3 N–H and O–H groups in total. The van der Waals surface area contributed by atoms with E-state index in [1.807, 2.05) is 26.0 Å². The maximum absolute atomic E-state index is 11.7. The van der Waals surface area contributed by atoms with Gasteiger partial charge in [0.05, 0.1) is 6.54 Å². The lowest BCUT2D eigenvalue weighted by Crippen LogP contribution is -2.44. The van der Waals surface area contributed by atoms with Crippen LogP contribution < -0.4 is 16.2 Å². The second-order valence-corrected chi connectivity index (χ2v) is 5.74. The SMILES string of the molecule is Cc1ccc(NCC(=O)NNC(=O)C[C@H]2C=CCC2)c(C)c1. The molecule has 0 heterocycles. The molecule has 1 aromatic rings. The van der Waals surface area contributed by atoms with Crippen molar-refractivity contribution in [2.24, 2.45) is 5.92 Å². The first-order valence-corrected chi connectivity index (χ1v) is 7.60. The summed E-state index contributed by atoms with van der Waals surface area (Å²) in [6.07, 6.45) is 6.61. The molecule has 0 aromatic heterocycles. The van der Waals surface area contributed by atoms with Gasteiger partial charge in [0.15, 0.2) is 0 Å². The van der Waals surface area contributed by atoms with Gasteiger partial charge in [-0.1, -0.05) is 29.8 Å². The van der Waals surface area contributed by atoms with E-state index in [0.717, 1.165) is 24.1 Å². The highest BCUT2D eigenvalue weighted by Gasteiger charge is 2.14. The molecule has 2 rings (SSSR count). The minimum absolute atomic E-state index is 0.119. The van der Waals surface area contributed by atoms with E-state index in [4.69, 9.17) is 0 Å². The smallest absolute Gasteiger partial charge is 0.257 e. The van der Waals surface area contributed by atoms with Crippen molar-refractivity contribution in [2.75, 3.05) is 11.9 Å². The van der Waals surface area contributed by atoms with Crippen LogP contribution in [0.5, 0.6) is 0 Å². The van der Waals surface area contributed by atoms with Crippen molar-refractivity contribution < 1.29 is 9.59 Å². The van der Waals surface area contributed by atoms with Crippen molar-refractivity contribution >= 4 is 17.5 Å². The van der Waals surface area contributed by atoms with Crippen molar-refractivity contribution in [1.82, 2.24) is 10.9 Å². The molecule has 1 aromatic carbocycles. The lowest BCUT2D eigenvalue weighted by Gasteiger charge is -2.12. The van der Waals surface area contributed by atoms with Crippen LogP contribution in [-0.2, 0) is 9.59 Å². The first-order chi connectivity index (χ1) is 10.5. The van der Waals surface area contributed by atoms with Gasteiger partial charge in [0, 0.05) is 12.1 Å². The molecule has 0 aliphatic heterocycles. The number of rotatable bonds is 5. The summed E-state index contributed by atoms with van der Waals surface area (Å²) < 4.78 is 0. The maximum Gasteiger partial charge on any atom is 0.257 e. The van der Waals surface area contributed by atoms with Crippen LogP contribution in [0.2, 0.25) is 0 Å². The van der Waals surface area contributed by atoms with Gasteiger partial charge < -0.3 is 5.32 Å². The number of hydrogen-bond donors (Lipinski definition) is 3. The Kier molecular flexibility index (Phi) is 5.58. The Morgan fingerprint density at radius 3 is 2.64 bits per heavy atom. The summed E-state index contributed by atoms with van der Waals surface area (Å²) in [7, 11) is 0. The van der Waals surface area contributed by atoms with Crippen LogP contribution >= 0.6 is 0 Å². The topological polar surface area (TPSA) is 70.2 Å². The van der Waals surface area contributed by atoms with Crippen molar-refractivity contribution in [2.45, 2.75) is 33.1 Å². The first kappa shape index (κ1) is 16.1. The third kappa shape index (κ3) is 4.91. The van der Waals surface area contributed by atoms with Crippen molar-refractivity contribution in [3.63, 3.8) is 0 Å². The van der Waals surface area contributed by atoms with Gasteiger partial charge in [-0.25, -0.2) is 0 Å². The first-order valence-electron chi connectivity index (χ1n) is 7.60. The minimum atomic E-state index is -0.268. The molecule has 0 unspecified atom stereocenters. The predicted octanol–water partition coefficient (Wildman–Crippen LogP) is 2.22. The number of aryl methyl sites for hydroxylation is 2. The summed E-state index contributed by atoms with van der Waals surface area (Å²) in [4.78, 5) is 23.4. The standard InChI is InChI=1S/C17H23N3O2/c1-12-7-8-15(13(2)9-12)18-11-17(22)20-19-16(21)10-14-5-3-4-6-14/h3,5,7-9,14,18H,4,6,10-11H2,1-2H3,(H,19,21)(H,20,22)/t14-/m0/s1. The van der Waals surface area contributed by atoms with Crippen LogP contribution in [0.1, 0.15) is 30.4 Å². The van der Waals surface area contributed by atoms with Crippen LogP contribution in [0.25, 0.3) is 0 Å². The zero-order valence-corrected chi connectivity index (χ0v) is 13.1. The van der Waals surface area contributed by atoms with E-state index in [2.05, 4.69) is 34.4 Å². The van der Waals surface area contributed by atoms with Crippen LogP contribution in [0.4, 0.5) is 5.69 Å². The average Bonchev–Trinajstić information content (AvgIpc) is 2.97. The van der Waals surface area contributed by atoms with Gasteiger partial charge in [0.25, 0.3) is 5.91 Å². The molecular formula is C17H23N3O2. The number of carbonyl (C=O) groups is 2. The lowest BCUT2D eigenvalue weighted by atomic mass is 10.1. The molecule has 1 aliphatic rings. The summed E-state index contributed by atoms with van der Waals surface area (Å²) in [5.41, 5.74) is 8.08. The molecule has 2 amide bonds. The summed E-state index contributed by atoms with van der Waals surface area (Å²) in [6, 6.07) is 5.99. The molecule has 1 atom stereocenters. The molecule has 0 spiro atoms. The third-order valence-corrected chi connectivity index (χ3v) is 3.72. The number of nitrogens with one attached hydrogen (secondary N) is 3. The minimum Gasteiger partial charge on any atom is -0.376 e. The number of allylic oxidation sites excluding steroid dienone is 2. The van der Waals surface area contributed by atoms with Gasteiger partial charge in [-0.15, -0.1) is 0 Å². The maximum atomic E-state index is 11.7. The quantitative estimate of drug-likeness (QED) is 0.577. The summed E-state index contributed by atoms with van der Waals surface area (Å²) in [5.74, 6) is -0.128. The van der Waals surface area contributed by atoms with Gasteiger partial charge in [-0.2, -0.15) is 0 Å². The number of benzene rings is 1. The van der Waals surface area contributed by atoms with E-state index in [-0.39, 0.29) is 18.4 Å². The van der Waals surface area contributed by atoms with E-state index >= 15 is 0 Å². The van der Waals surface area contributed by atoms with Gasteiger partial charge >= 0.3 is 0 Å². The second-order valence-electron chi connectivity index (χ2n) is 5.74. The van der Waals surface area contributed by atoms with Gasteiger partial charge in [-0.3, -0.25) is 20.4 Å². The number of carbonyl (C=O) groups excluding carboxylic acids is 2.